The fourth-order valence-corrected chi connectivity index (χ4v) is 5.54. The van der Waals surface area contributed by atoms with Crippen LogP contribution in [0.2, 0.25) is 5.02 Å². The lowest BCUT2D eigenvalue weighted by atomic mass is 9.95. The Morgan fingerprint density at radius 3 is 2.70 bits per heavy atom. The molecular formula is C26H22ClN3O6S. The number of furan rings is 1. The highest BCUT2D eigenvalue weighted by molar-refractivity contribution is 7.17. The molecule has 3 aromatic rings. The van der Waals surface area contributed by atoms with Gasteiger partial charge in [0.05, 0.1) is 21.6 Å². The van der Waals surface area contributed by atoms with E-state index in [0.29, 0.717) is 21.9 Å². The van der Waals surface area contributed by atoms with E-state index in [-0.39, 0.29) is 28.1 Å². The minimum atomic E-state index is -0.689. The molecule has 0 unspecified atom stereocenters. The molecule has 4 rings (SSSR count). The van der Waals surface area contributed by atoms with Gasteiger partial charge in [0.15, 0.2) is 0 Å². The molecule has 1 amide bonds. The van der Waals surface area contributed by atoms with E-state index in [1.807, 2.05) is 6.07 Å². The van der Waals surface area contributed by atoms with Gasteiger partial charge < -0.3 is 14.5 Å². The number of nitro groups is 1. The van der Waals surface area contributed by atoms with Gasteiger partial charge in [0.25, 0.3) is 11.6 Å². The standard InChI is InChI=1S/C26H22ClN3O6S/c1-14(2)35-26(32)23-19-5-3-4-6-22(19)37-25(23)29-24(31)15(13-28)11-17-8-10-21(36-17)18-9-7-16(30(33)34)12-20(18)27/h7-12,14H,3-6H2,1-2H3,(H,29,31). The summed E-state index contributed by atoms with van der Waals surface area (Å²) in [7, 11) is 0. The van der Waals surface area contributed by atoms with Crippen molar-refractivity contribution < 1.29 is 23.7 Å². The number of thiophene rings is 1. The number of nitrogens with zero attached hydrogens (tertiary/aromatic N) is 2. The predicted octanol–water partition coefficient (Wildman–Crippen LogP) is 6.56. The highest BCUT2D eigenvalue weighted by atomic mass is 35.5. The highest BCUT2D eigenvalue weighted by Crippen LogP contribution is 2.39. The summed E-state index contributed by atoms with van der Waals surface area (Å²) >= 11 is 7.50. The second-order valence-electron chi connectivity index (χ2n) is 8.62. The Hall–Kier alpha value is -3.94. The first-order valence-electron chi connectivity index (χ1n) is 11.5. The molecule has 0 spiro atoms. The van der Waals surface area contributed by atoms with E-state index in [4.69, 9.17) is 20.8 Å². The van der Waals surface area contributed by atoms with Crippen LogP contribution in [-0.2, 0) is 22.4 Å². The maximum absolute atomic E-state index is 13.0. The van der Waals surface area contributed by atoms with Crippen LogP contribution < -0.4 is 5.32 Å². The number of nitriles is 1. The summed E-state index contributed by atoms with van der Waals surface area (Å²) in [6.45, 7) is 3.51. The number of hydrogen-bond acceptors (Lipinski definition) is 8. The predicted molar refractivity (Wildman–Crippen MR) is 140 cm³/mol. The van der Waals surface area contributed by atoms with Gasteiger partial charge in [-0.05, 0) is 63.3 Å². The van der Waals surface area contributed by atoms with Crippen LogP contribution >= 0.6 is 22.9 Å². The quantitative estimate of drug-likeness (QED) is 0.118. The Labute approximate surface area is 221 Å². The Morgan fingerprint density at radius 2 is 2.03 bits per heavy atom. The Morgan fingerprint density at radius 1 is 1.27 bits per heavy atom. The van der Waals surface area contributed by atoms with Crippen molar-refractivity contribution in [2.75, 3.05) is 5.32 Å². The number of aryl methyl sites for hydroxylation is 1. The second kappa shape index (κ2) is 11.0. The number of halogens is 1. The third-order valence-electron chi connectivity index (χ3n) is 5.65. The third-order valence-corrected chi connectivity index (χ3v) is 7.17. The first-order chi connectivity index (χ1) is 17.7. The molecule has 0 aliphatic heterocycles. The zero-order chi connectivity index (χ0) is 26.7. The molecule has 0 radical (unpaired) electrons. The summed E-state index contributed by atoms with van der Waals surface area (Å²) in [6.07, 6.45) is 4.45. The molecule has 1 aliphatic carbocycles. The Balaban J connectivity index is 1.59. The number of carbonyl (C=O) groups excluding carboxylic acids is 2. The normalized spacial score (nSPS) is 13.1. The van der Waals surface area contributed by atoms with Gasteiger partial charge >= 0.3 is 5.97 Å². The monoisotopic (exact) mass is 539 g/mol. The van der Waals surface area contributed by atoms with E-state index in [1.165, 1.54) is 35.6 Å². The second-order valence-corrected chi connectivity index (χ2v) is 10.1. The van der Waals surface area contributed by atoms with Gasteiger partial charge in [-0.15, -0.1) is 11.3 Å². The lowest BCUT2D eigenvalue weighted by Crippen LogP contribution is -2.18. The summed E-state index contributed by atoms with van der Waals surface area (Å²) in [5.41, 5.74) is 1.29. The van der Waals surface area contributed by atoms with Gasteiger partial charge in [0.1, 0.15) is 28.2 Å². The van der Waals surface area contributed by atoms with Crippen molar-refractivity contribution >= 4 is 51.6 Å². The maximum Gasteiger partial charge on any atom is 0.341 e. The largest absolute Gasteiger partial charge is 0.459 e. The van der Waals surface area contributed by atoms with Crippen molar-refractivity contribution in [2.24, 2.45) is 0 Å². The number of benzene rings is 1. The minimum absolute atomic E-state index is 0.125. The molecule has 0 fully saturated rings. The third kappa shape index (κ3) is 5.74. The summed E-state index contributed by atoms with van der Waals surface area (Å²) < 4.78 is 11.1. The fraction of sp³-hybridized carbons (Fsp3) is 0.269. The van der Waals surface area contributed by atoms with Crippen molar-refractivity contribution in [1.29, 1.82) is 5.26 Å². The summed E-state index contributed by atoms with van der Waals surface area (Å²) in [6, 6.07) is 8.98. The minimum Gasteiger partial charge on any atom is -0.459 e. The van der Waals surface area contributed by atoms with Gasteiger partial charge in [0, 0.05) is 28.6 Å². The zero-order valence-corrected chi connectivity index (χ0v) is 21.6. The number of esters is 1. The van der Waals surface area contributed by atoms with Crippen LogP contribution in [-0.4, -0.2) is 22.9 Å². The van der Waals surface area contributed by atoms with E-state index >= 15 is 0 Å². The summed E-state index contributed by atoms with van der Waals surface area (Å²) in [5, 5.41) is 23.8. The number of non-ortho nitro benzene ring substituents is 1. The number of ether oxygens (including phenoxy) is 1. The van der Waals surface area contributed by atoms with Gasteiger partial charge in [-0.3, -0.25) is 14.9 Å². The molecule has 37 heavy (non-hydrogen) atoms. The van der Waals surface area contributed by atoms with E-state index in [2.05, 4.69) is 5.32 Å². The van der Waals surface area contributed by atoms with Crippen molar-refractivity contribution in [2.45, 2.75) is 45.6 Å². The number of carbonyl (C=O) groups is 2. The molecule has 2 aromatic heterocycles. The first kappa shape index (κ1) is 26.1. The van der Waals surface area contributed by atoms with Crippen LogP contribution in [0.1, 0.15) is 53.2 Å². The lowest BCUT2D eigenvalue weighted by Gasteiger charge is -2.14. The number of hydrogen-bond donors (Lipinski definition) is 1. The van der Waals surface area contributed by atoms with Crippen LogP contribution in [0.25, 0.3) is 17.4 Å². The molecule has 0 saturated carbocycles. The Kier molecular flexibility index (Phi) is 7.76. The van der Waals surface area contributed by atoms with Crippen molar-refractivity contribution in [3.63, 3.8) is 0 Å². The fourth-order valence-electron chi connectivity index (χ4n) is 4.00. The van der Waals surface area contributed by atoms with Gasteiger partial charge in [-0.25, -0.2) is 4.79 Å². The molecule has 190 valence electrons. The molecule has 0 atom stereocenters. The van der Waals surface area contributed by atoms with Crippen molar-refractivity contribution in [3.8, 4) is 17.4 Å². The molecule has 1 aromatic carbocycles. The van der Waals surface area contributed by atoms with Crippen LogP contribution in [0.15, 0.2) is 40.3 Å². The van der Waals surface area contributed by atoms with Crippen LogP contribution in [0, 0.1) is 21.4 Å². The van der Waals surface area contributed by atoms with Gasteiger partial charge in [-0.2, -0.15) is 5.26 Å². The number of nitro benzene ring substituents is 1. The molecule has 0 bridgehead atoms. The molecule has 1 N–H and O–H groups in total. The topological polar surface area (TPSA) is 135 Å². The van der Waals surface area contributed by atoms with E-state index < -0.39 is 16.8 Å². The molecule has 2 heterocycles. The average molecular weight is 540 g/mol. The molecule has 9 nitrogen and oxygen atoms in total. The van der Waals surface area contributed by atoms with Gasteiger partial charge in [0.2, 0.25) is 0 Å². The van der Waals surface area contributed by atoms with Crippen molar-refractivity contribution in [1.82, 2.24) is 0 Å². The number of nitrogens with one attached hydrogen (secondary N) is 1. The average Bonchev–Trinajstić information content (AvgIpc) is 3.46. The maximum atomic E-state index is 13.0. The Bertz CT molecular complexity index is 1460. The SMILES string of the molecule is CC(C)OC(=O)c1c(NC(=O)C(C#N)=Cc2ccc(-c3ccc([N+](=O)[O-])cc3Cl)o2)sc2c1CCCC2. The van der Waals surface area contributed by atoms with E-state index in [9.17, 15) is 25.0 Å². The van der Waals surface area contributed by atoms with Crippen molar-refractivity contribution in [3.05, 3.63) is 72.8 Å². The number of anilines is 1. The molecule has 11 heteroatoms. The van der Waals surface area contributed by atoms with E-state index in [0.717, 1.165) is 36.1 Å². The van der Waals surface area contributed by atoms with Crippen LogP contribution in [0.3, 0.4) is 0 Å². The molecule has 0 saturated heterocycles. The van der Waals surface area contributed by atoms with E-state index in [1.54, 1.807) is 26.0 Å². The smallest absolute Gasteiger partial charge is 0.341 e. The first-order valence-corrected chi connectivity index (χ1v) is 12.7. The summed E-state index contributed by atoms with van der Waals surface area (Å²) in [5.74, 6) is -0.664. The zero-order valence-electron chi connectivity index (χ0n) is 20.0. The van der Waals surface area contributed by atoms with Crippen LogP contribution in [0.4, 0.5) is 10.7 Å². The summed E-state index contributed by atoms with van der Waals surface area (Å²) in [4.78, 5) is 37.3. The number of rotatable bonds is 7. The lowest BCUT2D eigenvalue weighted by molar-refractivity contribution is -0.384. The van der Waals surface area contributed by atoms with Gasteiger partial charge in [-0.1, -0.05) is 11.6 Å². The molecule has 1 aliphatic rings. The highest BCUT2D eigenvalue weighted by Gasteiger charge is 2.28. The number of amides is 1. The van der Waals surface area contributed by atoms with Crippen LogP contribution in [0.5, 0.6) is 0 Å². The number of fused-ring (bicyclic) bond motifs is 1. The molecular weight excluding hydrogens is 518 g/mol.